The number of aromatic hydroxyl groups is 1. The van der Waals surface area contributed by atoms with Crippen molar-refractivity contribution in [3.05, 3.63) is 89.4 Å². The molecule has 1 aliphatic carbocycles. The Balaban J connectivity index is 1.94. The number of aromatic carboxylic acids is 1. The van der Waals surface area contributed by atoms with Gasteiger partial charge in [-0.05, 0) is 0 Å². The summed E-state index contributed by atoms with van der Waals surface area (Å²) in [5.41, 5.74) is 3.69. The third-order valence-electron chi connectivity index (χ3n) is 6.74. The minimum atomic E-state index is -1.86. The van der Waals surface area contributed by atoms with Crippen molar-refractivity contribution in [2.24, 2.45) is 0 Å². The number of phenols is 1. The Bertz CT molecular complexity index is 1870. The number of fused-ring (bicyclic) bond motifs is 2. The number of hydrogen-bond donors (Lipinski definition) is 2. The normalized spacial score (nSPS) is 13.9. The third-order valence-corrected chi connectivity index (χ3v) is 23.4. The molecule has 40 heavy (non-hydrogen) atoms. The number of halogens is 3. The van der Waals surface area contributed by atoms with Gasteiger partial charge in [0.2, 0.25) is 0 Å². The summed E-state index contributed by atoms with van der Waals surface area (Å²) in [5.74, 6) is 1.42. The first kappa shape index (κ1) is 28.4. The molecule has 6 rings (SSSR count). The summed E-state index contributed by atoms with van der Waals surface area (Å²) in [4.78, 5) is 26.3. The van der Waals surface area contributed by atoms with Gasteiger partial charge < -0.3 is 0 Å². The van der Waals surface area contributed by atoms with Crippen molar-refractivity contribution in [3.8, 4) is 39.3 Å². The van der Waals surface area contributed by atoms with Gasteiger partial charge in [-0.15, -0.1) is 0 Å². The summed E-state index contributed by atoms with van der Waals surface area (Å²) in [6.07, 6.45) is 0. The van der Waals surface area contributed by atoms with E-state index in [9.17, 15) is 19.8 Å². The predicted octanol–water partition coefficient (Wildman–Crippen LogP) is 8.41. The summed E-state index contributed by atoms with van der Waals surface area (Å²) >= 11 is 9.05. The number of hydrogen-bond acceptors (Lipinski definition) is 6. The van der Waals surface area contributed by atoms with E-state index < -0.39 is 18.3 Å². The van der Waals surface area contributed by atoms with Crippen LogP contribution in [0.15, 0.2) is 77.2 Å². The van der Waals surface area contributed by atoms with Crippen molar-refractivity contribution >= 4 is 101 Å². The zero-order valence-corrected chi connectivity index (χ0v) is 28.9. The second-order valence-corrected chi connectivity index (χ2v) is 23.0. The molecule has 0 amide bonds. The van der Waals surface area contributed by atoms with Crippen LogP contribution in [0.25, 0.3) is 44.5 Å². The van der Waals surface area contributed by atoms with E-state index in [1.165, 1.54) is 0 Å². The van der Waals surface area contributed by atoms with Crippen LogP contribution in [-0.2, 0) is 0 Å². The molecular weight excluding hydrogens is 807 g/mol. The van der Waals surface area contributed by atoms with Gasteiger partial charge in [0.25, 0.3) is 0 Å². The molecule has 0 radical (unpaired) electrons. The van der Waals surface area contributed by atoms with Crippen molar-refractivity contribution in [2.75, 3.05) is 11.5 Å². The van der Waals surface area contributed by atoms with Crippen molar-refractivity contribution in [2.45, 2.75) is 6.92 Å². The third kappa shape index (κ3) is 4.50. The molecular formula is C29H18AsBr3O5S2. The minimum absolute atomic E-state index is 0.119. The number of benzene rings is 4. The second kappa shape index (κ2) is 11.2. The van der Waals surface area contributed by atoms with Crippen LogP contribution in [0.1, 0.15) is 15.9 Å². The molecule has 0 unspecified atom stereocenters. The molecule has 3 aliphatic rings. The first-order chi connectivity index (χ1) is 19.2. The van der Waals surface area contributed by atoms with Crippen LogP contribution in [0.5, 0.6) is 5.75 Å². The Morgan fingerprint density at radius 3 is 2.23 bits per heavy atom. The van der Waals surface area contributed by atoms with Crippen molar-refractivity contribution in [1.29, 1.82) is 0 Å². The van der Waals surface area contributed by atoms with Gasteiger partial charge in [-0.3, -0.25) is 0 Å². The Kier molecular flexibility index (Phi) is 7.96. The molecule has 3 aromatic rings. The van der Waals surface area contributed by atoms with Crippen LogP contribution in [0.3, 0.4) is 0 Å². The van der Waals surface area contributed by atoms with E-state index in [0.717, 1.165) is 15.9 Å². The van der Waals surface area contributed by atoms with Crippen molar-refractivity contribution in [3.63, 3.8) is 0 Å². The molecule has 2 N–H and O–H groups in total. The zero-order valence-electron chi connectivity index (χ0n) is 20.6. The summed E-state index contributed by atoms with van der Waals surface area (Å²) in [7, 11) is 3.73. The van der Waals surface area contributed by atoms with Gasteiger partial charge >= 0.3 is 268 Å². The fraction of sp³-hybridized carbons (Fsp3) is 0.103. The van der Waals surface area contributed by atoms with E-state index in [1.807, 2.05) is 57.3 Å². The SMILES string of the molecule is Cc1c(O)c([As]2SCCS2)c2oc3c(-c4ccccc4)c(=O)c(Br)c(Br)c-3c(-c3ccccc3C(=O)O)c2c1Br. The molecule has 0 spiro atoms. The van der Waals surface area contributed by atoms with Crippen LogP contribution in [0.2, 0.25) is 0 Å². The van der Waals surface area contributed by atoms with Crippen LogP contribution in [-0.4, -0.2) is 40.0 Å². The molecule has 0 atom stereocenters. The van der Waals surface area contributed by atoms with E-state index in [4.69, 9.17) is 4.42 Å². The molecule has 2 heterocycles. The van der Waals surface area contributed by atoms with Crippen LogP contribution >= 0.6 is 67.8 Å². The fourth-order valence-corrected chi connectivity index (χ4v) is 21.3. The molecule has 3 aromatic carbocycles. The van der Waals surface area contributed by atoms with Gasteiger partial charge in [-0.25, -0.2) is 0 Å². The number of carboxylic acid groups (broad SMARTS) is 1. The average molecular weight is 825 g/mol. The second-order valence-electron chi connectivity index (χ2n) is 8.99. The van der Waals surface area contributed by atoms with E-state index in [-0.39, 0.29) is 16.7 Å². The number of rotatable bonds is 4. The average Bonchev–Trinajstić information content (AvgIpc) is 3.49. The van der Waals surface area contributed by atoms with Crippen molar-refractivity contribution in [1.82, 2.24) is 0 Å². The van der Waals surface area contributed by atoms with Gasteiger partial charge in [0, 0.05) is 0 Å². The molecule has 11 heteroatoms. The topological polar surface area (TPSA) is 87.7 Å². The Hall–Kier alpha value is -1.68. The quantitative estimate of drug-likeness (QED) is 0.139. The van der Waals surface area contributed by atoms with Crippen LogP contribution in [0.4, 0.5) is 0 Å². The zero-order chi connectivity index (χ0) is 28.3. The molecule has 2 aliphatic heterocycles. The van der Waals surface area contributed by atoms with E-state index >= 15 is 0 Å². The van der Waals surface area contributed by atoms with Gasteiger partial charge in [0.1, 0.15) is 0 Å². The monoisotopic (exact) mass is 822 g/mol. The van der Waals surface area contributed by atoms with E-state index in [0.29, 0.717) is 63.5 Å². The standard InChI is InChI=1S/C29H18AsBr3O5S2/c1-13-22(31)19-18(15-9-5-6-10-16(15)29(36)37)20-23(32)24(33)26(35)17(14-7-3-2-4-8-14)27(20)38-28(19)21(25(13)34)30-39-11-12-40-30/h2-10,34H,11-12H2,1H3,(H,36,37). The molecule has 5 nitrogen and oxygen atoms in total. The first-order valence-electron chi connectivity index (χ1n) is 12.0. The molecule has 0 bridgehead atoms. The van der Waals surface area contributed by atoms with Gasteiger partial charge in [0.15, 0.2) is 0 Å². The molecule has 1 saturated heterocycles. The molecule has 1 fully saturated rings. The molecule has 0 aromatic heterocycles. The summed E-state index contributed by atoms with van der Waals surface area (Å²) < 4.78 is 8.96. The molecule has 0 saturated carbocycles. The van der Waals surface area contributed by atoms with Crippen LogP contribution in [0, 0.1) is 6.92 Å². The maximum atomic E-state index is 13.8. The first-order valence-corrected chi connectivity index (χ1v) is 21.8. The predicted molar refractivity (Wildman–Crippen MR) is 177 cm³/mol. The maximum absolute atomic E-state index is 13.8. The Labute approximate surface area is 265 Å². The number of phenolic OH excluding ortho intramolecular Hbond substituents is 1. The number of carboxylic acids is 1. The van der Waals surface area contributed by atoms with E-state index in [1.54, 1.807) is 24.3 Å². The van der Waals surface area contributed by atoms with Gasteiger partial charge in [-0.1, -0.05) is 0 Å². The van der Waals surface area contributed by atoms with Crippen molar-refractivity contribution < 1.29 is 19.4 Å². The van der Waals surface area contributed by atoms with Crippen LogP contribution < -0.4 is 9.78 Å². The summed E-state index contributed by atoms with van der Waals surface area (Å²) in [6, 6.07) is 16.1. The summed E-state index contributed by atoms with van der Waals surface area (Å²) in [5, 5.41) is 22.4. The van der Waals surface area contributed by atoms with Gasteiger partial charge in [0.05, 0.1) is 0 Å². The number of carbonyl (C=O) groups is 1. The summed E-state index contributed by atoms with van der Waals surface area (Å²) in [6.45, 7) is 1.85. The molecule has 202 valence electrons. The van der Waals surface area contributed by atoms with E-state index in [2.05, 4.69) is 47.8 Å². The Morgan fingerprint density at radius 2 is 1.55 bits per heavy atom. The fourth-order valence-electron chi connectivity index (χ4n) is 4.92. The Morgan fingerprint density at radius 1 is 0.900 bits per heavy atom. The van der Waals surface area contributed by atoms with Gasteiger partial charge in [-0.2, -0.15) is 0 Å².